The van der Waals surface area contributed by atoms with Crippen LogP contribution in [0.1, 0.15) is 13.8 Å². The van der Waals surface area contributed by atoms with Gasteiger partial charge in [-0.1, -0.05) is 25.4 Å². The highest BCUT2D eigenvalue weighted by molar-refractivity contribution is 6.30. The maximum absolute atomic E-state index is 12.1. The molecule has 0 bridgehead atoms. The van der Waals surface area contributed by atoms with Crippen LogP contribution in [0.15, 0.2) is 24.3 Å². The number of imide groups is 1. The van der Waals surface area contributed by atoms with E-state index in [2.05, 4.69) is 5.32 Å². The first-order valence-corrected chi connectivity index (χ1v) is 5.78. The predicted octanol–water partition coefficient (Wildman–Crippen LogP) is 2.42. The molecule has 1 fully saturated rings. The summed E-state index contributed by atoms with van der Waals surface area (Å²) in [5.74, 6) is -0.143. The first kappa shape index (κ1) is 11.9. The number of halogens is 1. The molecular formula is C12H13ClN2O2. The predicted molar refractivity (Wildman–Crippen MR) is 66.1 cm³/mol. The molecule has 1 saturated heterocycles. The molecule has 1 N–H and O–H groups in total. The molecule has 5 heteroatoms. The number of amides is 3. The summed E-state index contributed by atoms with van der Waals surface area (Å²) < 4.78 is 0. The van der Waals surface area contributed by atoms with Crippen LogP contribution in [0.25, 0.3) is 0 Å². The molecule has 1 aromatic rings. The fourth-order valence-electron chi connectivity index (χ4n) is 1.78. The summed E-state index contributed by atoms with van der Waals surface area (Å²) in [4.78, 5) is 25.0. The third kappa shape index (κ3) is 2.13. The van der Waals surface area contributed by atoms with Crippen molar-refractivity contribution in [2.45, 2.75) is 19.9 Å². The number of hydrogen-bond acceptors (Lipinski definition) is 2. The quantitative estimate of drug-likeness (QED) is 0.822. The highest BCUT2D eigenvalue weighted by atomic mass is 35.5. The van der Waals surface area contributed by atoms with Crippen molar-refractivity contribution in [2.75, 3.05) is 4.90 Å². The van der Waals surface area contributed by atoms with E-state index >= 15 is 0 Å². The molecule has 3 amide bonds. The van der Waals surface area contributed by atoms with Crippen molar-refractivity contribution in [1.29, 1.82) is 0 Å². The van der Waals surface area contributed by atoms with Gasteiger partial charge in [0.25, 0.3) is 5.91 Å². The van der Waals surface area contributed by atoms with Crippen LogP contribution in [0, 0.1) is 5.92 Å². The number of nitrogens with zero attached hydrogens (tertiary/aromatic N) is 1. The minimum Gasteiger partial charge on any atom is -0.325 e. The summed E-state index contributed by atoms with van der Waals surface area (Å²) in [6.07, 6.45) is 0. The Balaban J connectivity index is 2.30. The molecule has 1 unspecified atom stereocenters. The fraction of sp³-hybridized carbons (Fsp3) is 0.333. The molecule has 1 heterocycles. The molecule has 2 rings (SSSR count). The van der Waals surface area contributed by atoms with E-state index in [4.69, 9.17) is 11.6 Å². The number of carbonyl (C=O) groups excluding carboxylic acids is 2. The lowest BCUT2D eigenvalue weighted by molar-refractivity contribution is -0.119. The van der Waals surface area contributed by atoms with Gasteiger partial charge in [-0.05, 0) is 30.2 Å². The SMILES string of the molecule is CC(C)C1NC(=O)N(c2ccc(Cl)cc2)C1=O. The minimum atomic E-state index is -0.446. The van der Waals surface area contributed by atoms with Crippen molar-refractivity contribution in [3.63, 3.8) is 0 Å². The summed E-state index contributed by atoms with van der Waals surface area (Å²) in [7, 11) is 0. The van der Waals surface area contributed by atoms with Gasteiger partial charge in [0.2, 0.25) is 0 Å². The lowest BCUT2D eigenvalue weighted by Crippen LogP contribution is -2.34. The molecule has 0 radical (unpaired) electrons. The summed E-state index contributed by atoms with van der Waals surface area (Å²) in [6, 6.07) is 5.79. The molecule has 0 aliphatic carbocycles. The number of nitrogens with one attached hydrogen (secondary N) is 1. The zero-order chi connectivity index (χ0) is 12.6. The highest BCUT2D eigenvalue weighted by Crippen LogP contribution is 2.23. The Labute approximate surface area is 105 Å². The van der Waals surface area contributed by atoms with Gasteiger partial charge in [0, 0.05) is 5.02 Å². The molecule has 1 aliphatic rings. The lowest BCUT2D eigenvalue weighted by atomic mass is 10.0. The van der Waals surface area contributed by atoms with Crippen molar-refractivity contribution in [2.24, 2.45) is 5.92 Å². The molecule has 0 aromatic heterocycles. The third-order valence-corrected chi connectivity index (χ3v) is 2.97. The summed E-state index contributed by atoms with van der Waals surface area (Å²) in [5.41, 5.74) is 0.542. The van der Waals surface area contributed by atoms with Crippen LogP contribution in [0.4, 0.5) is 10.5 Å². The van der Waals surface area contributed by atoms with Gasteiger partial charge >= 0.3 is 6.03 Å². The van der Waals surface area contributed by atoms with Gasteiger partial charge < -0.3 is 5.32 Å². The normalized spacial score (nSPS) is 20.0. The topological polar surface area (TPSA) is 49.4 Å². The lowest BCUT2D eigenvalue weighted by Gasteiger charge is -2.14. The van der Waals surface area contributed by atoms with Crippen LogP contribution in [0.2, 0.25) is 5.02 Å². The molecule has 0 spiro atoms. The first-order valence-electron chi connectivity index (χ1n) is 5.40. The van der Waals surface area contributed by atoms with Crippen LogP contribution in [0.3, 0.4) is 0 Å². The van der Waals surface area contributed by atoms with Crippen molar-refractivity contribution in [3.8, 4) is 0 Å². The standard InChI is InChI=1S/C12H13ClN2O2/c1-7(2)10-11(16)15(12(17)14-10)9-5-3-8(13)4-6-9/h3-7,10H,1-2H3,(H,14,17). The zero-order valence-corrected chi connectivity index (χ0v) is 10.4. The van der Waals surface area contributed by atoms with Crippen LogP contribution in [-0.2, 0) is 4.79 Å². The highest BCUT2D eigenvalue weighted by Gasteiger charge is 2.40. The summed E-state index contributed by atoms with van der Waals surface area (Å²) >= 11 is 5.77. The van der Waals surface area contributed by atoms with Crippen LogP contribution >= 0.6 is 11.6 Å². The number of hydrogen-bond donors (Lipinski definition) is 1. The second-order valence-corrected chi connectivity index (χ2v) is 4.76. The number of benzene rings is 1. The van der Waals surface area contributed by atoms with Crippen LogP contribution < -0.4 is 10.2 Å². The van der Waals surface area contributed by atoms with Crippen LogP contribution in [0.5, 0.6) is 0 Å². The minimum absolute atomic E-state index is 0.0729. The molecule has 1 aliphatic heterocycles. The third-order valence-electron chi connectivity index (χ3n) is 2.72. The molecule has 1 atom stereocenters. The molecule has 4 nitrogen and oxygen atoms in total. The average molecular weight is 253 g/mol. The molecular weight excluding hydrogens is 240 g/mol. The fourth-order valence-corrected chi connectivity index (χ4v) is 1.91. The Morgan fingerprint density at radius 3 is 2.29 bits per heavy atom. The summed E-state index contributed by atoms with van der Waals surface area (Å²) in [6.45, 7) is 3.79. The van der Waals surface area contributed by atoms with E-state index in [-0.39, 0.29) is 17.9 Å². The van der Waals surface area contributed by atoms with Gasteiger partial charge in [-0.3, -0.25) is 4.79 Å². The number of carbonyl (C=O) groups is 2. The maximum atomic E-state index is 12.1. The second kappa shape index (κ2) is 4.37. The van der Waals surface area contributed by atoms with E-state index in [0.717, 1.165) is 4.90 Å². The molecule has 1 aromatic carbocycles. The number of urea groups is 1. The molecule has 17 heavy (non-hydrogen) atoms. The van der Waals surface area contributed by atoms with E-state index in [1.807, 2.05) is 13.8 Å². The Morgan fingerprint density at radius 2 is 1.82 bits per heavy atom. The van der Waals surface area contributed by atoms with Gasteiger partial charge in [0.05, 0.1) is 5.69 Å². The van der Waals surface area contributed by atoms with E-state index < -0.39 is 6.04 Å². The van der Waals surface area contributed by atoms with Crippen molar-refractivity contribution in [3.05, 3.63) is 29.3 Å². The Kier molecular flexibility index (Phi) is 3.07. The van der Waals surface area contributed by atoms with Gasteiger partial charge in [-0.15, -0.1) is 0 Å². The largest absolute Gasteiger partial charge is 0.329 e. The molecule has 90 valence electrons. The van der Waals surface area contributed by atoms with E-state index in [1.54, 1.807) is 24.3 Å². The maximum Gasteiger partial charge on any atom is 0.329 e. The number of anilines is 1. The van der Waals surface area contributed by atoms with Crippen molar-refractivity contribution < 1.29 is 9.59 Å². The number of rotatable bonds is 2. The Morgan fingerprint density at radius 1 is 1.24 bits per heavy atom. The zero-order valence-electron chi connectivity index (χ0n) is 9.61. The molecule has 0 saturated carbocycles. The van der Waals surface area contributed by atoms with Gasteiger partial charge in [0.15, 0.2) is 0 Å². The average Bonchev–Trinajstić information content (AvgIpc) is 2.56. The Hall–Kier alpha value is -1.55. The van der Waals surface area contributed by atoms with Crippen LogP contribution in [-0.4, -0.2) is 18.0 Å². The van der Waals surface area contributed by atoms with Crippen molar-refractivity contribution in [1.82, 2.24) is 5.32 Å². The van der Waals surface area contributed by atoms with E-state index in [1.165, 1.54) is 0 Å². The monoisotopic (exact) mass is 252 g/mol. The second-order valence-electron chi connectivity index (χ2n) is 4.32. The smallest absolute Gasteiger partial charge is 0.325 e. The van der Waals surface area contributed by atoms with Gasteiger partial charge in [-0.2, -0.15) is 0 Å². The van der Waals surface area contributed by atoms with Gasteiger partial charge in [-0.25, -0.2) is 9.69 Å². The Bertz CT molecular complexity index is 456. The van der Waals surface area contributed by atoms with E-state index in [0.29, 0.717) is 10.7 Å². The van der Waals surface area contributed by atoms with E-state index in [9.17, 15) is 9.59 Å². The summed E-state index contributed by atoms with van der Waals surface area (Å²) in [5, 5.41) is 3.24. The first-order chi connectivity index (χ1) is 8.00. The van der Waals surface area contributed by atoms with Gasteiger partial charge in [0.1, 0.15) is 6.04 Å². The van der Waals surface area contributed by atoms with Crippen molar-refractivity contribution >= 4 is 29.2 Å².